The van der Waals surface area contributed by atoms with Gasteiger partial charge in [0.1, 0.15) is 35.9 Å². The fraction of sp³-hybridized carbons (Fsp3) is 0.750. The number of likely N-dealkylation sites (N-methyl/N-ethyl adjacent to an activating group) is 1. The molecule has 3 aliphatic rings. The number of Topliss-reactive ketones (excluding diaryl/α,β-unsaturated/α-hetero) is 1. The van der Waals surface area contributed by atoms with Crippen LogP contribution in [0.25, 0.3) is 0 Å². The molecule has 3 fully saturated rings. The first-order valence-electron chi connectivity index (χ1n) is 19.6. The molecule has 0 spiro atoms. The van der Waals surface area contributed by atoms with Gasteiger partial charge < -0.3 is 49.4 Å². The summed E-state index contributed by atoms with van der Waals surface area (Å²) in [4.78, 5) is 57.0. The van der Waals surface area contributed by atoms with E-state index >= 15 is 4.39 Å². The van der Waals surface area contributed by atoms with Crippen LogP contribution in [0.15, 0.2) is 28.5 Å². The zero-order valence-corrected chi connectivity index (χ0v) is 35.1. The number of anilines is 1. The van der Waals surface area contributed by atoms with Crippen LogP contribution < -0.4 is 5.73 Å². The van der Waals surface area contributed by atoms with Gasteiger partial charge in [-0.3, -0.25) is 9.59 Å². The number of aromatic nitrogens is 1. The van der Waals surface area contributed by atoms with Crippen LogP contribution in [-0.2, 0) is 49.5 Å². The number of halogens is 1. The predicted octanol–water partition coefficient (Wildman–Crippen LogP) is 3.19. The molecule has 4 rings (SSSR count). The van der Waals surface area contributed by atoms with E-state index in [0.29, 0.717) is 23.5 Å². The van der Waals surface area contributed by atoms with Crippen LogP contribution in [0.3, 0.4) is 0 Å². The number of amides is 1. The van der Waals surface area contributed by atoms with Crippen molar-refractivity contribution in [1.29, 1.82) is 0 Å². The van der Waals surface area contributed by atoms with Gasteiger partial charge in [0.05, 0.1) is 37.1 Å². The van der Waals surface area contributed by atoms with E-state index in [9.17, 15) is 24.6 Å². The summed E-state index contributed by atoms with van der Waals surface area (Å²) in [6.45, 7) is 13.0. The van der Waals surface area contributed by atoms with Gasteiger partial charge in [0, 0.05) is 42.3 Å². The molecule has 1 amide bonds. The lowest BCUT2D eigenvalue weighted by Gasteiger charge is -2.47. The highest BCUT2D eigenvalue weighted by atomic mass is 19.1. The molecule has 1 aromatic rings. The Morgan fingerprint density at radius 3 is 2.40 bits per heavy atom. The van der Waals surface area contributed by atoms with Gasteiger partial charge in [-0.1, -0.05) is 38.9 Å². The summed E-state index contributed by atoms with van der Waals surface area (Å²) in [6, 6.07) is 2.95. The Bertz CT molecular complexity index is 1640. The van der Waals surface area contributed by atoms with Crippen LogP contribution in [0, 0.1) is 17.8 Å². The summed E-state index contributed by atoms with van der Waals surface area (Å²) in [6.07, 6.45) is -4.91. The lowest BCUT2D eigenvalue weighted by molar-refractivity contribution is -0.296. The summed E-state index contributed by atoms with van der Waals surface area (Å²) in [5.74, 6) is -5.76. The van der Waals surface area contributed by atoms with Crippen LogP contribution in [0.4, 0.5) is 10.2 Å². The highest BCUT2D eigenvalue weighted by Crippen LogP contribution is 2.41. The summed E-state index contributed by atoms with van der Waals surface area (Å²) >= 11 is 0. The molecule has 17 heteroatoms. The molecule has 320 valence electrons. The number of alkyl halides is 1. The average molecular weight is 808 g/mol. The van der Waals surface area contributed by atoms with Crippen molar-refractivity contribution in [1.82, 2.24) is 9.88 Å². The molecule has 2 bridgehead atoms. The van der Waals surface area contributed by atoms with Crippen molar-refractivity contribution in [3.63, 3.8) is 0 Å². The normalized spacial score (nSPS) is 40.3. The zero-order valence-electron chi connectivity index (χ0n) is 35.1. The Balaban J connectivity index is 1.96. The fourth-order valence-electron chi connectivity index (χ4n) is 8.33. The number of cyclic esters (lactones) is 1. The smallest absolute Gasteiger partial charge is 0.351 e. The first kappa shape index (κ1) is 46.2. The maximum atomic E-state index is 16.8. The van der Waals surface area contributed by atoms with Crippen LogP contribution in [0.1, 0.15) is 87.1 Å². The average Bonchev–Trinajstić information content (AvgIpc) is 3.15. The number of carbonyl (C=O) groups is 3. The number of nitrogens with two attached hydrogens (primary N) is 1. The molecular formula is C40H62FN5O11. The number of hydrogen-bond acceptors (Lipinski definition) is 15. The first-order chi connectivity index (χ1) is 26.5. The molecule has 4 heterocycles. The number of hydrogen-bond donors (Lipinski definition) is 3. The van der Waals surface area contributed by atoms with Gasteiger partial charge in [0.25, 0.3) is 5.67 Å². The van der Waals surface area contributed by atoms with Crippen LogP contribution >= 0.6 is 0 Å². The number of nitrogens with zero attached hydrogens (tertiary/aromatic N) is 4. The van der Waals surface area contributed by atoms with Crippen LogP contribution in [0.5, 0.6) is 0 Å². The number of pyridine rings is 1. The number of oxime groups is 1. The summed E-state index contributed by atoms with van der Waals surface area (Å²) in [5, 5.41) is 28.3. The number of ketones is 1. The molecule has 0 unspecified atom stereocenters. The molecular weight excluding hydrogens is 745 g/mol. The number of carbonyl (C=O) groups excluding carboxylic acids is 3. The van der Waals surface area contributed by atoms with E-state index in [-0.39, 0.29) is 44.5 Å². The van der Waals surface area contributed by atoms with Gasteiger partial charge in [-0.05, 0) is 73.0 Å². The molecule has 4 N–H and O–H groups in total. The SMILES string of the molecule is CC[C@H]1OC(=O)[C@@](C)(F)C(=O)[C@H](C)[C@@H](O[C@@H]2O[C@H](C)C[C@H](N(C)C)[C@H]2O)[C@@]2(C)C[C@@H](C)C(=NC(C)=O)[C@H](C)[C@H](OC/C(=N\OCc3ccc(N)nc3)CO2)[C@]1(C)O. The second-order valence-corrected chi connectivity index (χ2v) is 16.6. The van der Waals surface area contributed by atoms with Crippen molar-refractivity contribution >= 4 is 34.9 Å². The Morgan fingerprint density at radius 1 is 1.12 bits per heavy atom. The second-order valence-electron chi connectivity index (χ2n) is 16.6. The number of rotatable bonds is 7. The topological polar surface area (TPSA) is 214 Å². The van der Waals surface area contributed by atoms with E-state index in [1.165, 1.54) is 20.8 Å². The number of nitrogen functional groups attached to an aromatic ring is 1. The lowest BCUT2D eigenvalue weighted by atomic mass is 9.73. The van der Waals surface area contributed by atoms with Gasteiger partial charge in [-0.2, -0.15) is 0 Å². The summed E-state index contributed by atoms with van der Waals surface area (Å²) < 4.78 is 48.5. The quantitative estimate of drug-likeness (QED) is 0.205. The Morgan fingerprint density at radius 2 is 1.81 bits per heavy atom. The number of aliphatic hydroxyl groups is 2. The number of fused-ring (bicyclic) bond motifs is 5. The maximum absolute atomic E-state index is 16.8. The number of aliphatic hydroxyl groups excluding tert-OH is 1. The Labute approximate surface area is 334 Å². The highest BCUT2D eigenvalue weighted by molar-refractivity contribution is 6.08. The molecule has 3 saturated heterocycles. The van der Waals surface area contributed by atoms with Gasteiger partial charge >= 0.3 is 5.97 Å². The van der Waals surface area contributed by atoms with Crippen molar-refractivity contribution in [2.75, 3.05) is 33.0 Å². The predicted molar refractivity (Wildman–Crippen MR) is 208 cm³/mol. The van der Waals surface area contributed by atoms with Gasteiger partial charge in [-0.15, -0.1) is 0 Å². The lowest BCUT2D eigenvalue weighted by Crippen LogP contribution is -2.61. The van der Waals surface area contributed by atoms with E-state index in [1.807, 2.05) is 32.8 Å². The van der Waals surface area contributed by atoms with Crippen molar-refractivity contribution in [3.05, 3.63) is 23.9 Å². The number of esters is 1. The number of aliphatic imine (C=N–C) groups is 1. The molecule has 3 aliphatic heterocycles. The minimum atomic E-state index is -3.21. The van der Waals surface area contributed by atoms with Crippen molar-refractivity contribution in [2.45, 2.75) is 148 Å². The van der Waals surface area contributed by atoms with Crippen molar-refractivity contribution < 1.29 is 57.5 Å². The molecule has 13 atom stereocenters. The monoisotopic (exact) mass is 807 g/mol. The Hall–Kier alpha value is -3.45. The van der Waals surface area contributed by atoms with Gasteiger partial charge in [0.2, 0.25) is 5.91 Å². The second kappa shape index (κ2) is 18.6. The van der Waals surface area contributed by atoms with Gasteiger partial charge in [-0.25, -0.2) is 19.2 Å². The first-order valence-corrected chi connectivity index (χ1v) is 19.6. The summed E-state index contributed by atoms with van der Waals surface area (Å²) in [7, 11) is 3.63. The molecule has 16 nitrogen and oxygen atoms in total. The third-order valence-electron chi connectivity index (χ3n) is 11.4. The minimum absolute atomic E-state index is 0.000391. The van der Waals surface area contributed by atoms with E-state index in [4.69, 9.17) is 34.3 Å². The van der Waals surface area contributed by atoms with Crippen molar-refractivity contribution in [3.8, 4) is 0 Å². The third-order valence-corrected chi connectivity index (χ3v) is 11.4. The molecule has 0 saturated carbocycles. The zero-order chi connectivity index (χ0) is 42.6. The maximum Gasteiger partial charge on any atom is 0.351 e. The third kappa shape index (κ3) is 10.6. The van der Waals surface area contributed by atoms with Crippen molar-refractivity contribution in [2.24, 2.45) is 27.9 Å². The molecule has 0 aliphatic carbocycles. The molecule has 57 heavy (non-hydrogen) atoms. The highest BCUT2D eigenvalue weighted by Gasteiger charge is 2.56. The molecule has 0 radical (unpaired) electrons. The standard InChI is InChI=1S/C40H62FN5O11/c1-12-29-40(9,51)35-23(4)31(44-25(6)47)21(2)16-38(7,53-20-27(19-52-35)45-54-18-26-13-14-30(42)43-17-26)34(24(5)33(49)39(8,41)37(50)56-29)57-36-32(48)28(46(10)11)15-22(3)55-36/h13-14,17,21-24,28-29,32,34-36,48,51H,12,15-16,18-20H2,1-11H3,(H2,42,43)/b44-31?,45-27+/t21-,22-,23+,24+,28+,29-,32-,34-,35+,36+,38-,39+,40-/m1/s1. The minimum Gasteiger partial charge on any atom is -0.457 e. The Kier molecular flexibility index (Phi) is 15.1. The van der Waals surface area contributed by atoms with E-state index < -0.39 is 89.0 Å². The fourth-order valence-corrected chi connectivity index (χ4v) is 8.33. The molecule has 1 aromatic heterocycles. The largest absolute Gasteiger partial charge is 0.457 e. The van der Waals surface area contributed by atoms with Crippen LogP contribution in [-0.4, -0.2) is 136 Å². The van der Waals surface area contributed by atoms with Crippen LogP contribution in [0.2, 0.25) is 0 Å². The van der Waals surface area contributed by atoms with Gasteiger partial charge in [0.15, 0.2) is 12.1 Å². The molecule has 0 aromatic carbocycles. The van der Waals surface area contributed by atoms with E-state index in [1.54, 1.807) is 39.1 Å². The summed E-state index contributed by atoms with van der Waals surface area (Å²) in [5.41, 5.74) is 0.118. The van der Waals surface area contributed by atoms with E-state index in [2.05, 4.69) is 15.1 Å². The number of ether oxygens (including phenoxy) is 5. The van der Waals surface area contributed by atoms with E-state index in [0.717, 1.165) is 6.92 Å².